The number of esters is 1. The van der Waals surface area contributed by atoms with Crippen LogP contribution in [0.5, 0.6) is 5.75 Å². The highest BCUT2D eigenvalue weighted by atomic mass is 32.2. The molecule has 0 aliphatic heterocycles. The Labute approximate surface area is 245 Å². The number of hydrogen-bond acceptors (Lipinski definition) is 10. The minimum atomic E-state index is -4.35. The molecule has 14 heteroatoms. The lowest BCUT2D eigenvalue weighted by molar-refractivity contribution is -0.384. The zero-order valence-corrected chi connectivity index (χ0v) is 23.3. The number of rotatable bonds is 12. The topological polar surface area (TPSA) is 187 Å². The van der Waals surface area contributed by atoms with Gasteiger partial charge in [-0.1, -0.05) is 24.3 Å². The molecule has 43 heavy (non-hydrogen) atoms. The lowest BCUT2D eigenvalue weighted by Gasteiger charge is -2.11. The van der Waals surface area contributed by atoms with Gasteiger partial charge < -0.3 is 14.6 Å². The van der Waals surface area contributed by atoms with Crippen LogP contribution in [0.3, 0.4) is 0 Å². The number of anilines is 2. The number of nitrogens with zero attached hydrogens (tertiary/aromatic N) is 2. The predicted octanol–water partition coefficient (Wildman–Crippen LogP) is 4.91. The van der Waals surface area contributed by atoms with E-state index in [1.807, 2.05) is 0 Å². The van der Waals surface area contributed by atoms with Crippen LogP contribution < -0.4 is 14.9 Å². The van der Waals surface area contributed by atoms with Crippen LogP contribution in [0.4, 0.5) is 17.1 Å². The molecule has 0 heterocycles. The molecule has 0 aliphatic rings. The molecule has 0 radical (unpaired) electrons. The molecule has 0 aromatic heterocycles. The van der Waals surface area contributed by atoms with Gasteiger partial charge in [0.15, 0.2) is 0 Å². The molecule has 220 valence electrons. The van der Waals surface area contributed by atoms with Crippen LogP contribution >= 0.6 is 0 Å². The molecule has 0 atom stereocenters. The first-order valence-corrected chi connectivity index (χ1v) is 13.9. The van der Waals surface area contributed by atoms with Crippen LogP contribution in [-0.2, 0) is 21.4 Å². The second-order valence-corrected chi connectivity index (χ2v) is 10.5. The number of carbonyl (C=O) groups is 2. The summed E-state index contributed by atoms with van der Waals surface area (Å²) in [4.78, 5) is 33.4. The molecule has 0 unspecified atom stereocenters. The van der Waals surface area contributed by atoms with Crippen molar-refractivity contribution < 1.29 is 37.5 Å². The van der Waals surface area contributed by atoms with E-state index in [1.165, 1.54) is 43.7 Å². The largest absolute Gasteiger partial charge is 0.489 e. The van der Waals surface area contributed by atoms with E-state index in [0.29, 0.717) is 16.9 Å². The van der Waals surface area contributed by atoms with E-state index in [0.717, 1.165) is 17.7 Å². The Hall–Kier alpha value is -5.76. The molecule has 4 aromatic carbocycles. The number of hydrogen-bond donors (Lipinski definition) is 3. The van der Waals surface area contributed by atoms with Crippen LogP contribution in [0.15, 0.2) is 101 Å². The Morgan fingerprint density at radius 3 is 2.33 bits per heavy atom. The third kappa shape index (κ3) is 7.71. The molecular weight excluding hydrogens is 580 g/mol. The minimum Gasteiger partial charge on any atom is -0.489 e. The highest BCUT2D eigenvalue weighted by molar-refractivity contribution is 7.92. The first kappa shape index (κ1) is 30.2. The number of carbonyl (C=O) groups excluding carboxylic acids is 1. The summed E-state index contributed by atoms with van der Waals surface area (Å²) < 4.78 is 38.3. The third-order valence-corrected chi connectivity index (χ3v) is 7.30. The molecule has 0 amide bonds. The Morgan fingerprint density at radius 1 is 0.977 bits per heavy atom. The summed E-state index contributed by atoms with van der Waals surface area (Å²) in [5.74, 6) is -1.19. The zero-order valence-electron chi connectivity index (χ0n) is 22.5. The van der Waals surface area contributed by atoms with Gasteiger partial charge >= 0.3 is 11.9 Å². The highest BCUT2D eigenvalue weighted by Crippen LogP contribution is 2.29. The van der Waals surface area contributed by atoms with Gasteiger partial charge in [-0.2, -0.15) is 5.10 Å². The summed E-state index contributed by atoms with van der Waals surface area (Å²) in [5, 5.41) is 25.0. The number of nitro groups is 1. The number of benzene rings is 4. The quantitative estimate of drug-likeness (QED) is 0.0868. The number of carboxylic acid groups (broad SMARTS) is 1. The number of methoxy groups -OCH3 is 1. The van der Waals surface area contributed by atoms with E-state index in [4.69, 9.17) is 4.74 Å². The summed E-state index contributed by atoms with van der Waals surface area (Å²) in [6.45, 7) is 0.271. The molecule has 0 saturated heterocycles. The molecule has 3 N–H and O–H groups in total. The van der Waals surface area contributed by atoms with Crippen molar-refractivity contribution in [2.45, 2.75) is 11.5 Å². The molecule has 4 rings (SSSR count). The number of nitrogens with one attached hydrogen (secondary N) is 2. The van der Waals surface area contributed by atoms with Crippen LogP contribution in [0.1, 0.15) is 31.8 Å². The number of sulfonamides is 1. The number of nitro benzene ring substituents is 1. The van der Waals surface area contributed by atoms with Gasteiger partial charge in [0.05, 0.1) is 40.0 Å². The van der Waals surface area contributed by atoms with Gasteiger partial charge in [0, 0.05) is 6.07 Å². The average molecular weight is 605 g/mol. The normalized spacial score (nSPS) is 11.1. The molecule has 0 saturated carbocycles. The van der Waals surface area contributed by atoms with E-state index < -0.39 is 37.5 Å². The van der Waals surface area contributed by atoms with Crippen LogP contribution in [-0.4, -0.2) is 43.7 Å². The Balaban J connectivity index is 1.40. The fourth-order valence-electron chi connectivity index (χ4n) is 3.73. The maximum absolute atomic E-state index is 12.9. The van der Waals surface area contributed by atoms with Crippen LogP contribution in [0.25, 0.3) is 0 Å². The van der Waals surface area contributed by atoms with Gasteiger partial charge in [-0.15, -0.1) is 0 Å². The van der Waals surface area contributed by atoms with Gasteiger partial charge in [0.1, 0.15) is 18.0 Å². The molecule has 13 nitrogen and oxygen atoms in total. The molecule has 0 spiro atoms. The minimum absolute atomic E-state index is 0.0655. The maximum Gasteiger partial charge on any atom is 0.337 e. The number of aromatic carboxylic acids is 1. The van der Waals surface area contributed by atoms with Crippen molar-refractivity contribution in [3.63, 3.8) is 0 Å². The van der Waals surface area contributed by atoms with E-state index >= 15 is 0 Å². The van der Waals surface area contributed by atoms with Crippen molar-refractivity contribution in [3.05, 3.63) is 123 Å². The summed E-state index contributed by atoms with van der Waals surface area (Å²) in [5.41, 5.74) is 3.39. The number of ether oxygens (including phenoxy) is 2. The number of hydrazone groups is 1. The standard InChI is InChI=1S/C29H24N4O9S/c1-41-29(36)21-10-6-20(7-11-21)18-42-22-12-8-19(9-13-22)17-30-31-26-15-14-23(16-27(26)33(37)38)43(39,40)32-25-5-3-2-4-24(25)28(34)35/h2-17,31-32H,18H2,1H3,(H,34,35)/b30-17-. The summed E-state index contributed by atoms with van der Waals surface area (Å²) >= 11 is 0. The van der Waals surface area contributed by atoms with Gasteiger partial charge in [0.25, 0.3) is 15.7 Å². The van der Waals surface area contributed by atoms with Crippen LogP contribution in [0.2, 0.25) is 0 Å². The predicted molar refractivity (Wildman–Crippen MR) is 157 cm³/mol. The van der Waals surface area contributed by atoms with E-state index in [1.54, 1.807) is 48.5 Å². The Morgan fingerprint density at radius 2 is 1.67 bits per heavy atom. The molecule has 0 fully saturated rings. The molecule has 4 aromatic rings. The Bertz CT molecular complexity index is 1790. The first-order chi connectivity index (χ1) is 20.6. The van der Waals surface area contributed by atoms with Gasteiger partial charge in [-0.05, 0) is 71.8 Å². The van der Waals surface area contributed by atoms with Gasteiger partial charge in [-0.25, -0.2) is 18.0 Å². The maximum atomic E-state index is 12.9. The van der Waals surface area contributed by atoms with Crippen molar-refractivity contribution in [2.75, 3.05) is 17.3 Å². The molecule has 0 aliphatic carbocycles. The van der Waals surface area contributed by atoms with Crippen molar-refractivity contribution in [2.24, 2.45) is 5.10 Å². The fourth-order valence-corrected chi connectivity index (χ4v) is 4.83. The number of para-hydroxylation sites is 1. The van der Waals surface area contributed by atoms with Gasteiger partial charge in [-0.3, -0.25) is 20.3 Å². The van der Waals surface area contributed by atoms with E-state index in [-0.39, 0.29) is 23.5 Å². The molecular formula is C29H24N4O9S. The number of carboxylic acids is 1. The summed E-state index contributed by atoms with van der Waals surface area (Å²) in [6, 6.07) is 22.2. The monoisotopic (exact) mass is 604 g/mol. The first-order valence-electron chi connectivity index (χ1n) is 12.4. The van der Waals surface area contributed by atoms with Crippen molar-refractivity contribution in [3.8, 4) is 5.75 Å². The van der Waals surface area contributed by atoms with Gasteiger partial charge in [0.2, 0.25) is 0 Å². The molecule has 0 bridgehead atoms. The lowest BCUT2D eigenvalue weighted by Crippen LogP contribution is -2.16. The van der Waals surface area contributed by atoms with E-state index in [2.05, 4.69) is 20.0 Å². The highest BCUT2D eigenvalue weighted by Gasteiger charge is 2.23. The lowest BCUT2D eigenvalue weighted by atomic mass is 10.1. The fraction of sp³-hybridized carbons (Fsp3) is 0.0690. The second-order valence-electron chi connectivity index (χ2n) is 8.81. The zero-order chi connectivity index (χ0) is 31.0. The van der Waals surface area contributed by atoms with Crippen LogP contribution in [0, 0.1) is 10.1 Å². The van der Waals surface area contributed by atoms with Crippen molar-refractivity contribution >= 4 is 45.2 Å². The average Bonchev–Trinajstić information content (AvgIpc) is 3.00. The summed E-state index contributed by atoms with van der Waals surface area (Å²) in [7, 11) is -3.04. The third-order valence-electron chi connectivity index (χ3n) is 5.94. The smallest absolute Gasteiger partial charge is 0.337 e. The second kappa shape index (κ2) is 13.3. The van der Waals surface area contributed by atoms with Crippen molar-refractivity contribution in [1.29, 1.82) is 0 Å². The SMILES string of the molecule is COC(=O)c1ccc(COc2ccc(/C=N\Nc3ccc(S(=O)(=O)Nc4ccccc4C(=O)O)cc3[N+](=O)[O-])cc2)cc1. The Kier molecular flexibility index (Phi) is 9.32. The van der Waals surface area contributed by atoms with E-state index in [9.17, 15) is 33.2 Å². The van der Waals surface area contributed by atoms with Crippen molar-refractivity contribution in [1.82, 2.24) is 0 Å². The summed E-state index contributed by atoms with van der Waals surface area (Å²) in [6.07, 6.45) is 1.41.